The normalized spacial score (nSPS) is 30.6. The number of rotatable bonds is 4. The van der Waals surface area contributed by atoms with Gasteiger partial charge in [-0.05, 0) is 125 Å². The minimum absolute atomic E-state index is 0.00233. The van der Waals surface area contributed by atoms with E-state index in [-0.39, 0.29) is 35.5 Å². The van der Waals surface area contributed by atoms with Crippen LogP contribution < -0.4 is 0 Å². The van der Waals surface area contributed by atoms with E-state index in [4.69, 9.17) is 0 Å². The van der Waals surface area contributed by atoms with Gasteiger partial charge < -0.3 is 4.90 Å². The molecule has 0 bridgehead atoms. The van der Waals surface area contributed by atoms with E-state index in [0.717, 1.165) is 69.9 Å². The molecule has 1 aromatic rings. The maximum Gasteiger partial charge on any atom is 0.156 e. The highest BCUT2D eigenvalue weighted by Gasteiger charge is 2.48. The van der Waals surface area contributed by atoms with Gasteiger partial charge in [0.15, 0.2) is 5.78 Å². The molecule has 4 fully saturated rings. The molecule has 4 heterocycles. The number of nitrogens with zero attached hydrogens (tertiary/aromatic N) is 4. The summed E-state index contributed by atoms with van der Waals surface area (Å²) >= 11 is 0. The van der Waals surface area contributed by atoms with Crippen LogP contribution in [0.2, 0.25) is 0 Å². The summed E-state index contributed by atoms with van der Waals surface area (Å²) in [5.74, 6) is 0.0958. The second-order valence-electron chi connectivity index (χ2n) is 14.5. The van der Waals surface area contributed by atoms with E-state index in [1.165, 1.54) is 73.8 Å². The van der Waals surface area contributed by atoms with Gasteiger partial charge in [-0.3, -0.25) is 19.5 Å². The van der Waals surface area contributed by atoms with Crippen LogP contribution in [0.4, 0.5) is 4.39 Å². The topological polar surface area (TPSA) is 30.0 Å². The number of ketones is 1. The van der Waals surface area contributed by atoms with Crippen molar-refractivity contribution in [1.82, 2.24) is 19.6 Å². The lowest BCUT2D eigenvalue weighted by molar-refractivity contribution is -0.127. The van der Waals surface area contributed by atoms with E-state index in [2.05, 4.69) is 40.4 Å². The van der Waals surface area contributed by atoms with Crippen LogP contribution in [0.5, 0.6) is 0 Å². The Bertz CT molecular complexity index is 1180. The summed E-state index contributed by atoms with van der Waals surface area (Å²) in [5, 5.41) is 0. The number of Topliss-reactive ketones (excluding diaryl/α,β-unsaturated/α-hetero) is 1. The van der Waals surface area contributed by atoms with Crippen LogP contribution in [-0.2, 0) is 17.6 Å². The minimum atomic E-state index is -0.143. The van der Waals surface area contributed by atoms with Crippen molar-refractivity contribution in [1.29, 1.82) is 0 Å². The lowest BCUT2D eigenvalue weighted by atomic mass is 9.69. The highest BCUT2D eigenvalue weighted by molar-refractivity contribution is 5.91. The molecule has 3 unspecified atom stereocenters. The average Bonchev–Trinajstić information content (AvgIpc) is 3.75. The Labute approximate surface area is 240 Å². The predicted molar refractivity (Wildman–Crippen MR) is 159 cm³/mol. The zero-order chi connectivity index (χ0) is 27.6. The standard InChI is InChI=1S/C34H49FN4O/c1-34(2,3)30-27(36-12-4-5-13-36)21-23-24(31(30)37-14-6-7-15-37)20-26(35)25-22-28(40)32(38-16-8-9-17-38)33(29(23)25)39-18-10-11-19-39/h20,27,32-33H,4-19,21-22H2,1-3H3. The number of benzene rings is 1. The SMILES string of the molecule is CC(C)(C)C1=C(N2CCCC2)c2cc(F)c3c(c2CC1N1CCCC1)C(N1CCCC1)C(N1CCCC1)C(=O)C3. The highest BCUT2D eigenvalue weighted by Crippen LogP contribution is 2.50. The molecule has 5 nitrogen and oxygen atoms in total. The first kappa shape index (κ1) is 27.1. The number of likely N-dealkylation sites (tertiary alicyclic amines) is 4. The monoisotopic (exact) mass is 548 g/mol. The van der Waals surface area contributed by atoms with E-state index in [9.17, 15) is 4.79 Å². The number of fused-ring (bicyclic) bond motifs is 3. The second kappa shape index (κ2) is 10.5. The van der Waals surface area contributed by atoms with Gasteiger partial charge in [-0.1, -0.05) is 20.8 Å². The fourth-order valence-electron chi connectivity index (χ4n) is 9.26. The molecule has 0 aromatic heterocycles. The van der Waals surface area contributed by atoms with Crippen LogP contribution in [0.15, 0.2) is 11.6 Å². The molecular weight excluding hydrogens is 499 g/mol. The molecule has 2 aliphatic carbocycles. The first-order valence-corrected chi connectivity index (χ1v) is 16.4. The van der Waals surface area contributed by atoms with Crippen molar-refractivity contribution in [2.24, 2.45) is 5.41 Å². The van der Waals surface area contributed by atoms with Crippen molar-refractivity contribution in [3.05, 3.63) is 39.7 Å². The van der Waals surface area contributed by atoms with E-state index < -0.39 is 0 Å². The number of hydrogen-bond donors (Lipinski definition) is 0. The largest absolute Gasteiger partial charge is 0.371 e. The third kappa shape index (κ3) is 4.48. The molecule has 0 spiro atoms. The first-order valence-electron chi connectivity index (χ1n) is 16.4. The van der Waals surface area contributed by atoms with Gasteiger partial charge in [0, 0.05) is 42.4 Å². The molecule has 7 rings (SSSR count). The Morgan fingerprint density at radius 1 is 0.725 bits per heavy atom. The first-order chi connectivity index (χ1) is 19.3. The summed E-state index contributed by atoms with van der Waals surface area (Å²) in [7, 11) is 0. The van der Waals surface area contributed by atoms with Gasteiger partial charge in [-0.25, -0.2) is 4.39 Å². The third-order valence-corrected chi connectivity index (χ3v) is 10.9. The molecule has 6 heteroatoms. The summed E-state index contributed by atoms with van der Waals surface area (Å²) in [4.78, 5) is 24.3. The van der Waals surface area contributed by atoms with Gasteiger partial charge in [0.1, 0.15) is 5.82 Å². The molecule has 0 amide bonds. The van der Waals surface area contributed by atoms with Gasteiger partial charge in [0.05, 0.1) is 12.1 Å². The highest BCUT2D eigenvalue weighted by atomic mass is 19.1. The number of halogens is 1. The van der Waals surface area contributed by atoms with Crippen molar-refractivity contribution < 1.29 is 9.18 Å². The average molecular weight is 549 g/mol. The molecule has 4 saturated heterocycles. The summed E-state index contributed by atoms with van der Waals surface area (Å²) in [5.41, 5.74) is 7.30. The van der Waals surface area contributed by atoms with Crippen LogP contribution in [0, 0.1) is 11.2 Å². The lowest BCUT2D eigenvalue weighted by Gasteiger charge is -2.48. The molecule has 0 saturated carbocycles. The molecule has 3 atom stereocenters. The van der Waals surface area contributed by atoms with Gasteiger partial charge in [0.2, 0.25) is 0 Å². The molecule has 0 N–H and O–H groups in total. The second-order valence-corrected chi connectivity index (χ2v) is 14.5. The maximum atomic E-state index is 16.4. The maximum absolute atomic E-state index is 16.4. The third-order valence-electron chi connectivity index (χ3n) is 10.9. The van der Waals surface area contributed by atoms with Crippen LogP contribution in [0.25, 0.3) is 5.70 Å². The number of carbonyl (C=O) groups is 1. The zero-order valence-corrected chi connectivity index (χ0v) is 25.1. The Morgan fingerprint density at radius 2 is 1.25 bits per heavy atom. The lowest BCUT2D eigenvalue weighted by Crippen LogP contribution is -2.53. The Kier molecular flexibility index (Phi) is 7.11. The van der Waals surface area contributed by atoms with Crippen LogP contribution in [0.3, 0.4) is 0 Å². The Hall–Kier alpha value is -1.76. The van der Waals surface area contributed by atoms with Crippen molar-refractivity contribution >= 4 is 11.5 Å². The van der Waals surface area contributed by atoms with Crippen LogP contribution in [-0.4, -0.2) is 89.8 Å². The van der Waals surface area contributed by atoms with Gasteiger partial charge in [-0.15, -0.1) is 0 Å². The summed E-state index contributed by atoms with van der Waals surface area (Å²) < 4.78 is 16.4. The molecular formula is C34H49FN4O. The molecule has 1 aromatic carbocycles. The minimum Gasteiger partial charge on any atom is -0.371 e. The van der Waals surface area contributed by atoms with E-state index >= 15 is 4.39 Å². The molecule has 0 radical (unpaired) electrons. The zero-order valence-electron chi connectivity index (χ0n) is 25.1. The summed E-state index contributed by atoms with van der Waals surface area (Å²) in [6.45, 7) is 15.6. The molecule has 218 valence electrons. The molecule has 40 heavy (non-hydrogen) atoms. The number of carbonyl (C=O) groups excluding carboxylic acids is 1. The van der Waals surface area contributed by atoms with Crippen molar-refractivity contribution in [3.63, 3.8) is 0 Å². The van der Waals surface area contributed by atoms with Gasteiger partial charge >= 0.3 is 0 Å². The van der Waals surface area contributed by atoms with Crippen LogP contribution >= 0.6 is 0 Å². The predicted octanol–water partition coefficient (Wildman–Crippen LogP) is 5.43. The van der Waals surface area contributed by atoms with Crippen molar-refractivity contribution in [3.8, 4) is 0 Å². The van der Waals surface area contributed by atoms with Gasteiger partial charge in [-0.2, -0.15) is 0 Å². The Morgan fingerprint density at radius 3 is 1.82 bits per heavy atom. The molecule has 6 aliphatic rings. The van der Waals surface area contributed by atoms with E-state index in [1.807, 2.05) is 6.07 Å². The fourth-order valence-corrected chi connectivity index (χ4v) is 9.26. The number of hydrogen-bond acceptors (Lipinski definition) is 5. The summed E-state index contributed by atoms with van der Waals surface area (Å²) in [6.07, 6.45) is 10.8. The van der Waals surface area contributed by atoms with Gasteiger partial charge in [0.25, 0.3) is 0 Å². The van der Waals surface area contributed by atoms with Crippen LogP contribution in [0.1, 0.15) is 100 Å². The molecule has 4 aliphatic heterocycles. The quantitative estimate of drug-likeness (QED) is 0.501. The fraction of sp³-hybridized carbons (Fsp3) is 0.735. The van der Waals surface area contributed by atoms with E-state index in [1.54, 1.807) is 0 Å². The van der Waals surface area contributed by atoms with Crippen molar-refractivity contribution in [2.75, 3.05) is 52.4 Å². The summed E-state index contributed by atoms with van der Waals surface area (Å²) in [6, 6.07) is 2.06. The van der Waals surface area contributed by atoms with Crippen molar-refractivity contribution in [2.45, 2.75) is 103 Å². The Balaban J connectivity index is 1.47. The smallest absolute Gasteiger partial charge is 0.156 e. The van der Waals surface area contributed by atoms with E-state index in [0.29, 0.717) is 6.04 Å².